The molecular weight excluding hydrogens is 266 g/mol. The van der Waals surface area contributed by atoms with Gasteiger partial charge in [-0.05, 0) is 31.3 Å². The van der Waals surface area contributed by atoms with E-state index in [0.717, 1.165) is 0 Å². The first-order valence-corrected chi connectivity index (χ1v) is 6.86. The predicted octanol–water partition coefficient (Wildman–Crippen LogP) is 2.48. The van der Waals surface area contributed by atoms with E-state index in [1.807, 2.05) is 6.08 Å². The van der Waals surface area contributed by atoms with Gasteiger partial charge >= 0.3 is 5.97 Å². The first kappa shape index (κ1) is 16.0. The number of carboxylic acids is 1. The zero-order chi connectivity index (χ0) is 13.0. The van der Waals surface area contributed by atoms with E-state index in [0.29, 0.717) is 25.4 Å². The number of hydrogen-bond donors (Lipinski definition) is 1. The molecule has 4 nitrogen and oxygen atoms in total. The summed E-state index contributed by atoms with van der Waals surface area (Å²) in [5.41, 5.74) is 0. The summed E-state index contributed by atoms with van der Waals surface area (Å²) >= 11 is 0. The summed E-state index contributed by atoms with van der Waals surface area (Å²) in [5.74, 6) is -0.650. The molecular formula is C14H22ClNO3. The van der Waals surface area contributed by atoms with Gasteiger partial charge in [-0.25, -0.2) is 0 Å². The van der Waals surface area contributed by atoms with Gasteiger partial charge in [0.1, 0.15) is 0 Å². The standard InChI is InChI=1S/C14H21NO3.ClH/c16-13(7-6-11-4-2-1-3-5-11)15-9-8-12(10-15)14(17)18;/h6-7,11-12H,1-5,8-10H2,(H,17,18);1H/b7-6+;. The van der Waals surface area contributed by atoms with Gasteiger partial charge in [-0.1, -0.05) is 25.3 Å². The maximum absolute atomic E-state index is 11.9. The minimum absolute atomic E-state index is 0. The minimum atomic E-state index is -0.790. The molecule has 108 valence electrons. The van der Waals surface area contributed by atoms with Crippen molar-refractivity contribution >= 4 is 24.3 Å². The highest BCUT2D eigenvalue weighted by atomic mass is 35.5. The number of rotatable bonds is 3. The van der Waals surface area contributed by atoms with Crippen LogP contribution in [0.3, 0.4) is 0 Å². The van der Waals surface area contributed by atoms with Gasteiger partial charge in [0.2, 0.25) is 5.91 Å². The fourth-order valence-corrected chi connectivity index (χ4v) is 2.81. The maximum Gasteiger partial charge on any atom is 0.308 e. The number of likely N-dealkylation sites (tertiary alicyclic amines) is 1. The van der Waals surface area contributed by atoms with Crippen molar-refractivity contribution in [1.29, 1.82) is 0 Å². The molecule has 2 fully saturated rings. The molecule has 1 saturated carbocycles. The zero-order valence-electron chi connectivity index (χ0n) is 11.1. The number of aliphatic carboxylic acids is 1. The maximum atomic E-state index is 11.9. The summed E-state index contributed by atoms with van der Waals surface area (Å²) in [7, 11) is 0. The fourth-order valence-electron chi connectivity index (χ4n) is 2.81. The van der Waals surface area contributed by atoms with E-state index < -0.39 is 5.97 Å². The second-order valence-corrected chi connectivity index (χ2v) is 5.37. The average Bonchev–Trinajstić information content (AvgIpc) is 2.87. The third kappa shape index (κ3) is 4.53. The van der Waals surface area contributed by atoms with Crippen molar-refractivity contribution in [3.8, 4) is 0 Å². The Bertz CT molecular complexity index is 351. The molecule has 5 heteroatoms. The number of carbonyl (C=O) groups excluding carboxylic acids is 1. The van der Waals surface area contributed by atoms with E-state index in [-0.39, 0.29) is 24.2 Å². The van der Waals surface area contributed by atoms with Crippen LogP contribution in [-0.2, 0) is 9.59 Å². The lowest BCUT2D eigenvalue weighted by Gasteiger charge is -2.18. The molecule has 0 radical (unpaired) electrons. The van der Waals surface area contributed by atoms with Crippen LogP contribution in [0.1, 0.15) is 38.5 Å². The van der Waals surface area contributed by atoms with Crippen molar-refractivity contribution in [1.82, 2.24) is 4.90 Å². The quantitative estimate of drug-likeness (QED) is 0.811. The number of carbonyl (C=O) groups is 2. The van der Waals surface area contributed by atoms with Crippen LogP contribution in [0.4, 0.5) is 0 Å². The highest BCUT2D eigenvalue weighted by Crippen LogP contribution is 2.24. The van der Waals surface area contributed by atoms with Crippen LogP contribution >= 0.6 is 12.4 Å². The van der Waals surface area contributed by atoms with Crippen LogP contribution in [-0.4, -0.2) is 35.0 Å². The SMILES string of the molecule is Cl.O=C(O)C1CCN(C(=O)/C=C/C2CCCCC2)C1. The van der Waals surface area contributed by atoms with E-state index >= 15 is 0 Å². The minimum Gasteiger partial charge on any atom is -0.481 e. The molecule has 1 unspecified atom stereocenters. The predicted molar refractivity (Wildman–Crippen MR) is 75.3 cm³/mol. The first-order valence-electron chi connectivity index (χ1n) is 6.86. The number of halogens is 1. The molecule has 1 aliphatic heterocycles. The number of carboxylic acid groups (broad SMARTS) is 1. The lowest BCUT2D eigenvalue weighted by Crippen LogP contribution is -2.28. The molecule has 1 heterocycles. The average molecular weight is 288 g/mol. The Balaban J connectivity index is 0.00000180. The number of amides is 1. The van der Waals surface area contributed by atoms with Crippen molar-refractivity contribution in [3.05, 3.63) is 12.2 Å². The van der Waals surface area contributed by atoms with E-state index in [1.54, 1.807) is 11.0 Å². The van der Waals surface area contributed by atoms with Gasteiger partial charge in [0.05, 0.1) is 5.92 Å². The lowest BCUT2D eigenvalue weighted by molar-refractivity contribution is -0.141. The molecule has 1 saturated heterocycles. The van der Waals surface area contributed by atoms with Crippen molar-refractivity contribution in [3.63, 3.8) is 0 Å². The van der Waals surface area contributed by atoms with Gasteiger partial charge in [0, 0.05) is 13.1 Å². The highest BCUT2D eigenvalue weighted by Gasteiger charge is 2.29. The molecule has 2 rings (SSSR count). The zero-order valence-corrected chi connectivity index (χ0v) is 11.9. The molecule has 0 aromatic heterocycles. The summed E-state index contributed by atoms with van der Waals surface area (Å²) in [6.07, 6.45) is 10.4. The molecule has 1 N–H and O–H groups in total. The smallest absolute Gasteiger partial charge is 0.308 e. The van der Waals surface area contributed by atoms with Crippen LogP contribution in [0, 0.1) is 11.8 Å². The van der Waals surface area contributed by atoms with Crippen molar-refractivity contribution < 1.29 is 14.7 Å². The summed E-state index contributed by atoms with van der Waals surface area (Å²) in [6, 6.07) is 0. The Labute approximate surface area is 120 Å². The third-order valence-corrected chi connectivity index (χ3v) is 4.01. The van der Waals surface area contributed by atoms with Gasteiger partial charge in [0.25, 0.3) is 0 Å². The van der Waals surface area contributed by atoms with E-state index in [4.69, 9.17) is 5.11 Å². The van der Waals surface area contributed by atoms with Crippen LogP contribution in [0.5, 0.6) is 0 Å². The Morgan fingerprint density at radius 1 is 1.11 bits per heavy atom. The van der Waals surface area contributed by atoms with Crippen LogP contribution in [0.25, 0.3) is 0 Å². The molecule has 0 aromatic carbocycles. The molecule has 1 atom stereocenters. The van der Waals surface area contributed by atoms with E-state index in [1.165, 1.54) is 32.1 Å². The highest BCUT2D eigenvalue weighted by molar-refractivity contribution is 5.88. The number of hydrogen-bond acceptors (Lipinski definition) is 2. The third-order valence-electron chi connectivity index (χ3n) is 4.01. The van der Waals surface area contributed by atoms with E-state index in [2.05, 4.69) is 0 Å². The normalized spacial score (nSPS) is 24.4. The summed E-state index contributed by atoms with van der Waals surface area (Å²) in [5, 5.41) is 8.89. The van der Waals surface area contributed by atoms with Crippen LogP contribution in [0.15, 0.2) is 12.2 Å². The van der Waals surface area contributed by atoms with Gasteiger partial charge in [-0.2, -0.15) is 0 Å². The molecule has 0 aromatic rings. The van der Waals surface area contributed by atoms with E-state index in [9.17, 15) is 9.59 Å². The molecule has 19 heavy (non-hydrogen) atoms. The van der Waals surface area contributed by atoms with Gasteiger partial charge in [-0.3, -0.25) is 9.59 Å². The van der Waals surface area contributed by atoms with Gasteiger partial charge < -0.3 is 10.0 Å². The molecule has 1 amide bonds. The van der Waals surface area contributed by atoms with Crippen molar-refractivity contribution in [2.45, 2.75) is 38.5 Å². The topological polar surface area (TPSA) is 57.6 Å². The molecule has 0 spiro atoms. The molecule has 0 bridgehead atoms. The number of nitrogens with zero attached hydrogens (tertiary/aromatic N) is 1. The largest absolute Gasteiger partial charge is 0.481 e. The Morgan fingerprint density at radius 2 is 1.79 bits per heavy atom. The Morgan fingerprint density at radius 3 is 2.37 bits per heavy atom. The summed E-state index contributed by atoms with van der Waals surface area (Å²) in [6.45, 7) is 0.938. The fraction of sp³-hybridized carbons (Fsp3) is 0.714. The monoisotopic (exact) mass is 287 g/mol. The summed E-state index contributed by atoms with van der Waals surface area (Å²) < 4.78 is 0. The van der Waals surface area contributed by atoms with Gasteiger partial charge in [-0.15, -0.1) is 12.4 Å². The van der Waals surface area contributed by atoms with Crippen LogP contribution < -0.4 is 0 Å². The molecule has 2 aliphatic rings. The van der Waals surface area contributed by atoms with Crippen molar-refractivity contribution in [2.75, 3.05) is 13.1 Å². The molecule has 1 aliphatic carbocycles. The van der Waals surface area contributed by atoms with Crippen molar-refractivity contribution in [2.24, 2.45) is 11.8 Å². The van der Waals surface area contributed by atoms with Crippen LogP contribution in [0.2, 0.25) is 0 Å². The summed E-state index contributed by atoms with van der Waals surface area (Å²) in [4.78, 5) is 24.4. The number of allylic oxidation sites excluding steroid dienone is 1. The van der Waals surface area contributed by atoms with Gasteiger partial charge in [0.15, 0.2) is 0 Å². The Hall–Kier alpha value is -1.03. The second-order valence-electron chi connectivity index (χ2n) is 5.37. The Kier molecular flexibility index (Phi) is 6.35. The lowest BCUT2D eigenvalue weighted by atomic mass is 9.89. The first-order chi connectivity index (χ1) is 8.66. The second kappa shape index (κ2) is 7.53.